The largest absolute Gasteiger partial charge is 0.416 e. The Morgan fingerprint density at radius 1 is 0.833 bits per heavy atom. The molecule has 0 amide bonds. The van der Waals surface area contributed by atoms with Crippen LogP contribution in [0.2, 0.25) is 0 Å². The Balaban J connectivity index is 2.21. The number of aromatic nitrogens is 2. The molecule has 0 unspecified atom stereocenters. The maximum Gasteiger partial charge on any atom is 0.416 e. The minimum Gasteiger partial charge on any atom is -0.339 e. The summed E-state index contributed by atoms with van der Waals surface area (Å²) in [5.74, 6) is 0. The molecule has 0 bridgehead atoms. The summed E-state index contributed by atoms with van der Waals surface area (Å²) in [6.45, 7) is 0. The smallest absolute Gasteiger partial charge is 0.339 e. The van der Waals surface area contributed by atoms with Gasteiger partial charge >= 0.3 is 12.4 Å². The van der Waals surface area contributed by atoms with Crippen molar-refractivity contribution >= 4 is 27.0 Å². The zero-order chi connectivity index (χ0) is 17.7. The van der Waals surface area contributed by atoms with E-state index in [-0.39, 0.29) is 17.3 Å². The third-order valence-electron chi connectivity index (χ3n) is 3.34. The molecule has 0 saturated carbocycles. The molecule has 3 aromatic rings. The van der Waals surface area contributed by atoms with Crippen LogP contribution in [0.3, 0.4) is 0 Å². The van der Waals surface area contributed by atoms with E-state index in [1.807, 2.05) is 0 Å². The standard InChI is InChI=1S/C15H7BrF6N2/c16-11-3-8-4-12(24-13(8)23-6-11)7-1-9(14(17,18)19)5-10(2-7)15(20,21)22/h1-6H,(H,23,24). The summed E-state index contributed by atoms with van der Waals surface area (Å²) in [5, 5.41) is 0.561. The van der Waals surface area contributed by atoms with Gasteiger partial charge in [-0.2, -0.15) is 26.3 Å². The number of hydrogen-bond acceptors (Lipinski definition) is 1. The predicted octanol–water partition coefficient (Wildman–Crippen LogP) is 6.03. The molecule has 0 aliphatic rings. The zero-order valence-electron chi connectivity index (χ0n) is 11.6. The summed E-state index contributed by atoms with van der Waals surface area (Å²) >= 11 is 3.20. The van der Waals surface area contributed by atoms with E-state index in [9.17, 15) is 26.3 Å². The van der Waals surface area contributed by atoms with Gasteiger partial charge in [0.1, 0.15) is 5.65 Å². The third-order valence-corrected chi connectivity index (χ3v) is 3.77. The van der Waals surface area contributed by atoms with Gasteiger partial charge in [-0.15, -0.1) is 0 Å². The number of benzene rings is 1. The van der Waals surface area contributed by atoms with Gasteiger partial charge < -0.3 is 4.98 Å². The van der Waals surface area contributed by atoms with Gasteiger partial charge in [0.15, 0.2) is 0 Å². The number of H-pyrrole nitrogens is 1. The second kappa shape index (κ2) is 5.51. The molecule has 9 heteroatoms. The van der Waals surface area contributed by atoms with E-state index in [4.69, 9.17) is 0 Å². The highest BCUT2D eigenvalue weighted by molar-refractivity contribution is 9.10. The van der Waals surface area contributed by atoms with E-state index in [1.54, 1.807) is 6.07 Å². The van der Waals surface area contributed by atoms with Gasteiger partial charge in [-0.3, -0.25) is 0 Å². The number of hydrogen-bond donors (Lipinski definition) is 1. The van der Waals surface area contributed by atoms with Crippen molar-refractivity contribution in [1.29, 1.82) is 0 Å². The molecule has 2 aromatic heterocycles. The van der Waals surface area contributed by atoms with Crippen LogP contribution in [0.1, 0.15) is 11.1 Å². The molecule has 0 spiro atoms. The lowest BCUT2D eigenvalue weighted by atomic mass is 10.0. The lowest BCUT2D eigenvalue weighted by Gasteiger charge is -2.13. The van der Waals surface area contributed by atoms with Gasteiger partial charge in [-0.25, -0.2) is 4.98 Å². The van der Waals surface area contributed by atoms with Crippen molar-refractivity contribution in [3.05, 3.63) is 52.1 Å². The van der Waals surface area contributed by atoms with Crippen LogP contribution < -0.4 is 0 Å². The van der Waals surface area contributed by atoms with Crippen molar-refractivity contribution in [2.24, 2.45) is 0 Å². The lowest BCUT2D eigenvalue weighted by Crippen LogP contribution is -2.11. The lowest BCUT2D eigenvalue weighted by molar-refractivity contribution is -0.143. The molecule has 0 atom stereocenters. The molecule has 0 saturated heterocycles. The molecule has 0 aliphatic carbocycles. The fourth-order valence-electron chi connectivity index (χ4n) is 2.25. The first-order valence-electron chi connectivity index (χ1n) is 6.48. The number of rotatable bonds is 1. The second-order valence-electron chi connectivity index (χ2n) is 5.07. The predicted molar refractivity (Wildman–Crippen MR) is 79.2 cm³/mol. The number of nitrogens with one attached hydrogen (secondary N) is 1. The first-order valence-corrected chi connectivity index (χ1v) is 7.27. The molecule has 0 aliphatic heterocycles. The van der Waals surface area contributed by atoms with Crippen molar-refractivity contribution in [2.45, 2.75) is 12.4 Å². The Morgan fingerprint density at radius 3 is 1.96 bits per heavy atom. The molecule has 0 fully saturated rings. The van der Waals surface area contributed by atoms with E-state index in [2.05, 4.69) is 25.9 Å². The van der Waals surface area contributed by atoms with Gasteiger partial charge in [0.25, 0.3) is 0 Å². The molecule has 3 rings (SSSR count). The Bertz CT molecular complexity index is 878. The van der Waals surface area contributed by atoms with E-state index >= 15 is 0 Å². The monoisotopic (exact) mass is 408 g/mol. The number of aromatic amines is 1. The molecular formula is C15H7BrF6N2. The number of alkyl halides is 6. The topological polar surface area (TPSA) is 28.7 Å². The van der Waals surface area contributed by atoms with Crippen LogP contribution in [0.5, 0.6) is 0 Å². The van der Waals surface area contributed by atoms with Crippen LogP contribution in [-0.4, -0.2) is 9.97 Å². The summed E-state index contributed by atoms with van der Waals surface area (Å²) in [6, 6.07) is 4.55. The first kappa shape index (κ1) is 16.8. The fourth-order valence-corrected chi connectivity index (χ4v) is 2.60. The van der Waals surface area contributed by atoms with Crippen LogP contribution in [0.4, 0.5) is 26.3 Å². The Hall–Kier alpha value is -2.03. The highest BCUT2D eigenvalue weighted by Crippen LogP contribution is 2.38. The van der Waals surface area contributed by atoms with E-state index in [1.165, 1.54) is 12.3 Å². The minimum absolute atomic E-state index is 0.0982. The average molecular weight is 409 g/mol. The van der Waals surface area contributed by atoms with Gasteiger partial charge in [0.05, 0.1) is 11.1 Å². The zero-order valence-corrected chi connectivity index (χ0v) is 13.1. The molecule has 126 valence electrons. The summed E-state index contributed by atoms with van der Waals surface area (Å²) in [4.78, 5) is 6.75. The number of nitrogens with zero attached hydrogens (tertiary/aromatic N) is 1. The van der Waals surface area contributed by atoms with Crippen LogP contribution in [0, 0.1) is 0 Å². The van der Waals surface area contributed by atoms with Gasteiger partial charge in [-0.1, -0.05) is 0 Å². The van der Waals surface area contributed by atoms with Crippen LogP contribution in [0.15, 0.2) is 41.0 Å². The summed E-state index contributed by atoms with van der Waals surface area (Å²) in [5.41, 5.74) is -2.46. The highest BCUT2D eigenvalue weighted by Gasteiger charge is 2.37. The highest BCUT2D eigenvalue weighted by atomic mass is 79.9. The van der Waals surface area contributed by atoms with Crippen molar-refractivity contribution in [2.75, 3.05) is 0 Å². The summed E-state index contributed by atoms with van der Waals surface area (Å²) < 4.78 is 78.1. The third kappa shape index (κ3) is 3.26. The molecule has 24 heavy (non-hydrogen) atoms. The summed E-state index contributed by atoms with van der Waals surface area (Å²) in [7, 11) is 0. The van der Waals surface area contributed by atoms with Crippen molar-refractivity contribution in [3.63, 3.8) is 0 Å². The van der Waals surface area contributed by atoms with E-state index in [0.29, 0.717) is 27.6 Å². The van der Waals surface area contributed by atoms with Crippen LogP contribution in [-0.2, 0) is 12.4 Å². The number of pyridine rings is 1. The number of halogens is 7. The normalized spacial score (nSPS) is 12.8. The maximum absolute atomic E-state index is 12.9. The molecule has 1 aromatic carbocycles. The molecule has 2 heterocycles. The van der Waals surface area contributed by atoms with Crippen LogP contribution in [0.25, 0.3) is 22.3 Å². The SMILES string of the molecule is FC(F)(F)c1cc(-c2cc3cc(Br)cnc3[nH]2)cc(C(F)(F)F)c1. The average Bonchev–Trinajstić information content (AvgIpc) is 2.88. The van der Waals surface area contributed by atoms with Gasteiger partial charge in [-0.05, 0) is 51.8 Å². The van der Waals surface area contributed by atoms with E-state index in [0.717, 1.165) is 0 Å². The Labute approximate surface area is 139 Å². The molecule has 2 nitrogen and oxygen atoms in total. The second-order valence-corrected chi connectivity index (χ2v) is 5.98. The van der Waals surface area contributed by atoms with Crippen molar-refractivity contribution in [1.82, 2.24) is 9.97 Å². The molecular weight excluding hydrogens is 402 g/mol. The van der Waals surface area contributed by atoms with Crippen LogP contribution >= 0.6 is 15.9 Å². The quantitative estimate of drug-likeness (QED) is 0.489. The number of fused-ring (bicyclic) bond motifs is 1. The van der Waals surface area contributed by atoms with Gasteiger partial charge in [0, 0.05) is 21.7 Å². The first-order chi connectivity index (χ1) is 11.0. The maximum atomic E-state index is 12.9. The molecule has 0 radical (unpaired) electrons. The minimum atomic E-state index is -4.89. The van der Waals surface area contributed by atoms with Crippen molar-refractivity contribution < 1.29 is 26.3 Å². The van der Waals surface area contributed by atoms with Crippen molar-refractivity contribution in [3.8, 4) is 11.3 Å². The fraction of sp³-hybridized carbons (Fsp3) is 0.133. The summed E-state index contributed by atoms with van der Waals surface area (Å²) in [6.07, 6.45) is -8.30. The Morgan fingerprint density at radius 2 is 1.42 bits per heavy atom. The van der Waals surface area contributed by atoms with Gasteiger partial charge in [0.2, 0.25) is 0 Å². The Kier molecular flexibility index (Phi) is 3.86. The molecule has 1 N–H and O–H groups in total. The van der Waals surface area contributed by atoms with E-state index < -0.39 is 23.5 Å².